The average Bonchev–Trinajstić information content (AvgIpc) is 2.70. The van der Waals surface area contributed by atoms with Crippen molar-refractivity contribution in [3.63, 3.8) is 0 Å². The van der Waals surface area contributed by atoms with E-state index >= 15 is 0 Å². The summed E-state index contributed by atoms with van der Waals surface area (Å²) in [5.74, 6) is -0.0918. The number of carbonyl (C=O) groups excluding carboxylic acids is 1. The highest BCUT2D eigenvalue weighted by Crippen LogP contribution is 2.19. The van der Waals surface area contributed by atoms with Crippen LogP contribution in [-0.2, 0) is 4.79 Å². The summed E-state index contributed by atoms with van der Waals surface area (Å²) < 4.78 is 0. The molecule has 1 unspecified atom stereocenters. The Kier molecular flexibility index (Phi) is 8.48. The number of allylic oxidation sites excluding steroid dienone is 4. The maximum absolute atomic E-state index is 12.3. The van der Waals surface area contributed by atoms with Crippen molar-refractivity contribution in [1.82, 2.24) is 9.91 Å². The SMILES string of the molecule is C=CC/C=C(\C=C/CC)N(C)C(O)CN1N=C(c2ccc(Cl)cc2)CCC1=O. The lowest BCUT2D eigenvalue weighted by atomic mass is 10.0. The maximum atomic E-state index is 12.3. The Morgan fingerprint density at radius 2 is 2.11 bits per heavy atom. The molecule has 0 bridgehead atoms. The lowest BCUT2D eigenvalue weighted by Gasteiger charge is -2.31. The predicted molar refractivity (Wildman–Crippen MR) is 115 cm³/mol. The lowest BCUT2D eigenvalue weighted by molar-refractivity contribution is -0.134. The number of likely N-dealkylation sites (N-methyl/N-ethyl adjacent to an activating group) is 1. The molecule has 0 fully saturated rings. The van der Waals surface area contributed by atoms with E-state index in [0.29, 0.717) is 24.3 Å². The molecule has 1 heterocycles. The first kappa shape index (κ1) is 21.9. The number of β-amino-alcohol motifs (C(OH)–C–C–N with tert-alkyl or cyclic N) is 1. The molecule has 6 heteroatoms. The van der Waals surface area contributed by atoms with Crippen LogP contribution in [0.1, 0.15) is 38.2 Å². The van der Waals surface area contributed by atoms with E-state index in [9.17, 15) is 9.90 Å². The molecule has 5 nitrogen and oxygen atoms in total. The van der Waals surface area contributed by atoms with Crippen molar-refractivity contribution in [3.8, 4) is 0 Å². The number of carbonyl (C=O) groups is 1. The Labute approximate surface area is 172 Å². The smallest absolute Gasteiger partial charge is 0.243 e. The molecular weight excluding hydrogens is 374 g/mol. The van der Waals surface area contributed by atoms with Gasteiger partial charge in [-0.1, -0.05) is 48.9 Å². The Hall–Kier alpha value is -2.37. The van der Waals surface area contributed by atoms with Gasteiger partial charge in [0.1, 0.15) is 6.23 Å². The largest absolute Gasteiger partial charge is 0.372 e. The normalized spacial score (nSPS) is 16.3. The monoisotopic (exact) mass is 401 g/mol. The number of aliphatic hydroxyl groups excluding tert-OH is 1. The summed E-state index contributed by atoms with van der Waals surface area (Å²) in [5.41, 5.74) is 2.63. The number of hydrogen-bond donors (Lipinski definition) is 1. The zero-order chi connectivity index (χ0) is 20.5. The molecule has 1 aliphatic rings. The summed E-state index contributed by atoms with van der Waals surface area (Å²) in [4.78, 5) is 14.1. The van der Waals surface area contributed by atoms with Gasteiger partial charge in [0.15, 0.2) is 0 Å². The van der Waals surface area contributed by atoms with Crippen LogP contribution in [0.3, 0.4) is 0 Å². The summed E-state index contributed by atoms with van der Waals surface area (Å²) in [6.45, 7) is 5.88. The molecule has 0 spiro atoms. The molecule has 1 atom stereocenters. The third-order valence-electron chi connectivity index (χ3n) is 4.49. The summed E-state index contributed by atoms with van der Waals surface area (Å²) in [6, 6.07) is 7.39. The van der Waals surface area contributed by atoms with Gasteiger partial charge in [-0.25, -0.2) is 5.01 Å². The van der Waals surface area contributed by atoms with Crippen molar-refractivity contribution in [1.29, 1.82) is 0 Å². The highest BCUT2D eigenvalue weighted by molar-refractivity contribution is 6.30. The van der Waals surface area contributed by atoms with Gasteiger partial charge in [-0.3, -0.25) is 4.79 Å². The fourth-order valence-electron chi connectivity index (χ4n) is 2.81. The Morgan fingerprint density at radius 3 is 2.75 bits per heavy atom. The zero-order valence-corrected chi connectivity index (χ0v) is 17.3. The number of amides is 1. The van der Waals surface area contributed by atoms with E-state index in [2.05, 4.69) is 18.6 Å². The van der Waals surface area contributed by atoms with Gasteiger partial charge in [0.2, 0.25) is 5.91 Å². The van der Waals surface area contributed by atoms with Crippen molar-refractivity contribution >= 4 is 23.2 Å². The molecule has 1 aromatic rings. The van der Waals surface area contributed by atoms with Crippen LogP contribution in [0, 0.1) is 0 Å². The molecule has 1 aliphatic heterocycles. The van der Waals surface area contributed by atoms with E-state index in [1.165, 1.54) is 5.01 Å². The summed E-state index contributed by atoms with van der Waals surface area (Å²) in [7, 11) is 1.80. The molecule has 0 saturated heterocycles. The molecular formula is C22H28ClN3O2. The van der Waals surface area contributed by atoms with Crippen molar-refractivity contribution in [2.75, 3.05) is 13.6 Å². The molecule has 150 valence electrons. The van der Waals surface area contributed by atoms with Crippen LogP contribution < -0.4 is 0 Å². The topological polar surface area (TPSA) is 56.1 Å². The number of benzene rings is 1. The van der Waals surface area contributed by atoms with Gasteiger partial charge in [-0.05, 0) is 36.6 Å². The van der Waals surface area contributed by atoms with Gasteiger partial charge >= 0.3 is 0 Å². The summed E-state index contributed by atoms with van der Waals surface area (Å²) in [6.07, 6.45) is 9.44. The zero-order valence-electron chi connectivity index (χ0n) is 16.5. The third kappa shape index (κ3) is 6.08. The third-order valence-corrected chi connectivity index (χ3v) is 4.74. The van der Waals surface area contributed by atoms with Gasteiger partial charge in [-0.2, -0.15) is 5.10 Å². The van der Waals surface area contributed by atoms with Crippen LogP contribution in [0.25, 0.3) is 0 Å². The van der Waals surface area contributed by atoms with Crippen LogP contribution in [-0.4, -0.2) is 46.5 Å². The number of aliphatic hydroxyl groups is 1. The van der Waals surface area contributed by atoms with E-state index in [0.717, 1.165) is 23.4 Å². The fraction of sp³-hybridized carbons (Fsp3) is 0.364. The first-order valence-corrected chi connectivity index (χ1v) is 9.86. The van der Waals surface area contributed by atoms with Gasteiger partial charge in [-0.15, -0.1) is 6.58 Å². The Balaban J connectivity index is 2.15. The number of halogens is 1. The predicted octanol–water partition coefficient (Wildman–Crippen LogP) is 4.34. The highest BCUT2D eigenvalue weighted by Gasteiger charge is 2.25. The van der Waals surface area contributed by atoms with E-state index in [1.807, 2.05) is 30.4 Å². The minimum Gasteiger partial charge on any atom is -0.372 e. The van der Waals surface area contributed by atoms with Crippen LogP contribution in [0.15, 0.2) is 65.9 Å². The van der Waals surface area contributed by atoms with E-state index in [1.54, 1.807) is 30.2 Å². The van der Waals surface area contributed by atoms with Crippen LogP contribution >= 0.6 is 11.6 Å². The average molecular weight is 402 g/mol. The highest BCUT2D eigenvalue weighted by atomic mass is 35.5. The first-order chi connectivity index (χ1) is 13.5. The lowest BCUT2D eigenvalue weighted by Crippen LogP contribution is -2.43. The first-order valence-electron chi connectivity index (χ1n) is 9.48. The molecule has 1 N–H and O–H groups in total. The number of hydrazone groups is 1. The number of nitrogens with zero attached hydrogens (tertiary/aromatic N) is 3. The second-order valence-corrected chi connectivity index (χ2v) is 7.02. The molecule has 1 amide bonds. The second kappa shape index (κ2) is 10.8. The fourth-order valence-corrected chi connectivity index (χ4v) is 2.94. The van der Waals surface area contributed by atoms with Gasteiger partial charge < -0.3 is 10.0 Å². The molecule has 0 aromatic heterocycles. The molecule has 0 radical (unpaired) electrons. The van der Waals surface area contributed by atoms with Crippen molar-refractivity contribution in [2.45, 2.75) is 38.8 Å². The van der Waals surface area contributed by atoms with Crippen molar-refractivity contribution in [3.05, 3.63) is 71.4 Å². The summed E-state index contributed by atoms with van der Waals surface area (Å²) in [5, 5.41) is 17.2. The minimum absolute atomic E-state index is 0.0918. The molecule has 0 saturated carbocycles. The van der Waals surface area contributed by atoms with E-state index in [4.69, 9.17) is 11.6 Å². The standard InChI is InChI=1S/C22H28ClN3O2/c1-4-6-8-19(9-7-5-2)25(3)22(28)16-26-21(27)15-14-20(24-26)17-10-12-18(23)13-11-17/h4,7-13,22,28H,1,5-6,14-16H2,2-3H3/b9-7-,19-8+. The van der Waals surface area contributed by atoms with Crippen molar-refractivity contribution in [2.24, 2.45) is 5.10 Å². The quantitative estimate of drug-likeness (QED) is 0.380. The van der Waals surface area contributed by atoms with Crippen LogP contribution in [0.4, 0.5) is 0 Å². The minimum atomic E-state index is -0.880. The maximum Gasteiger partial charge on any atom is 0.243 e. The van der Waals surface area contributed by atoms with Crippen LogP contribution in [0.5, 0.6) is 0 Å². The molecule has 28 heavy (non-hydrogen) atoms. The van der Waals surface area contributed by atoms with Gasteiger partial charge in [0.25, 0.3) is 0 Å². The number of hydrogen-bond acceptors (Lipinski definition) is 4. The summed E-state index contributed by atoms with van der Waals surface area (Å²) >= 11 is 5.95. The van der Waals surface area contributed by atoms with Crippen LogP contribution in [0.2, 0.25) is 5.02 Å². The van der Waals surface area contributed by atoms with E-state index in [-0.39, 0.29) is 12.5 Å². The van der Waals surface area contributed by atoms with E-state index < -0.39 is 6.23 Å². The Morgan fingerprint density at radius 1 is 1.39 bits per heavy atom. The second-order valence-electron chi connectivity index (χ2n) is 6.58. The van der Waals surface area contributed by atoms with Gasteiger partial charge in [0.05, 0.1) is 12.3 Å². The molecule has 2 rings (SSSR count). The molecule has 0 aliphatic carbocycles. The van der Waals surface area contributed by atoms with Crippen molar-refractivity contribution < 1.29 is 9.90 Å². The van der Waals surface area contributed by atoms with Gasteiger partial charge in [0, 0.05) is 30.6 Å². The molecule has 1 aromatic carbocycles. The number of rotatable bonds is 9. The Bertz CT molecular complexity index is 768.